The third-order valence-corrected chi connectivity index (χ3v) is 8.08. The molecule has 1 aliphatic carbocycles. The molecule has 1 aromatic carbocycles. The predicted octanol–water partition coefficient (Wildman–Crippen LogP) is 3.69. The number of hydrogen-bond donors (Lipinski definition) is 4. The van der Waals surface area contributed by atoms with Gasteiger partial charge in [0.1, 0.15) is 6.10 Å². The first kappa shape index (κ1) is 28.5. The van der Waals surface area contributed by atoms with Crippen molar-refractivity contribution in [2.75, 3.05) is 30.3 Å². The van der Waals surface area contributed by atoms with Gasteiger partial charge < -0.3 is 30.2 Å². The Morgan fingerprint density at radius 1 is 1.18 bits per heavy atom. The van der Waals surface area contributed by atoms with Gasteiger partial charge in [0.25, 0.3) is 11.8 Å². The number of hydrogen-bond acceptors (Lipinski definition) is 10. The molecule has 1 aliphatic heterocycles. The van der Waals surface area contributed by atoms with E-state index in [0.29, 0.717) is 30.5 Å². The summed E-state index contributed by atoms with van der Waals surface area (Å²) in [5, 5.41) is 18.4. The SMILES string of the molecule is Cc1cnc(Nc2cc(C)n(C)n2)nc1-c1c[nH]c2c(NC(=O)CN3CC[C@H](Oc4cc(C(=O)NC5CC5)on4)C3)cccc12. The maximum Gasteiger partial charge on any atom is 0.290 e. The Labute approximate surface area is 258 Å². The topological polar surface area (TPSA) is 168 Å². The summed E-state index contributed by atoms with van der Waals surface area (Å²) in [5.74, 6) is 1.12. The molecule has 0 unspecified atom stereocenters. The summed E-state index contributed by atoms with van der Waals surface area (Å²) in [6.45, 7) is 5.41. The van der Waals surface area contributed by atoms with Gasteiger partial charge in [0, 0.05) is 61.3 Å². The van der Waals surface area contributed by atoms with Crippen LogP contribution in [0.15, 0.2) is 47.2 Å². The Hall–Kier alpha value is -5.24. The van der Waals surface area contributed by atoms with Crippen LogP contribution < -0.4 is 20.7 Å². The lowest BCUT2D eigenvalue weighted by Gasteiger charge is -2.16. The molecule has 1 saturated carbocycles. The number of carbonyl (C=O) groups excluding carboxylic acids is 2. The Kier molecular flexibility index (Phi) is 7.41. The quantitative estimate of drug-likeness (QED) is 0.183. The number of amides is 2. The minimum atomic E-state index is -0.279. The Balaban J connectivity index is 0.985. The molecule has 14 heteroatoms. The number of likely N-dealkylation sites (tertiary alicyclic amines) is 1. The fraction of sp³-hybridized carbons (Fsp3) is 0.355. The molecule has 4 N–H and O–H groups in total. The number of nitrogens with one attached hydrogen (secondary N) is 4. The highest BCUT2D eigenvalue weighted by Crippen LogP contribution is 2.33. The molecule has 5 aromatic rings. The second-order valence-electron chi connectivity index (χ2n) is 11.7. The largest absolute Gasteiger partial charge is 0.471 e. The van der Waals surface area contributed by atoms with E-state index >= 15 is 0 Å². The van der Waals surface area contributed by atoms with Crippen LogP contribution in [0, 0.1) is 13.8 Å². The van der Waals surface area contributed by atoms with Crippen LogP contribution in [0.2, 0.25) is 0 Å². The molecule has 0 spiro atoms. The standard InChI is InChI=1S/C31H34N10O4/c1-17-13-33-31(36-25-11-18(2)40(3)38-25)37-28(17)22-14-32-29-21(22)5-4-6-23(29)35-26(42)16-41-10-9-20(15-41)44-27-12-24(45-39-27)30(43)34-19-7-8-19/h4-6,11-14,19-20,32H,7-10,15-16H2,1-3H3,(H,34,43)(H,35,42)(H,33,36,37,38)/t20-/m0/s1. The summed E-state index contributed by atoms with van der Waals surface area (Å²) in [6.07, 6.45) is 6.24. The molecule has 14 nitrogen and oxygen atoms in total. The second kappa shape index (κ2) is 11.7. The minimum Gasteiger partial charge on any atom is -0.471 e. The smallest absolute Gasteiger partial charge is 0.290 e. The van der Waals surface area contributed by atoms with Crippen LogP contribution in [0.5, 0.6) is 5.88 Å². The average molecular weight is 611 g/mol. The number of H-pyrrole nitrogens is 1. The van der Waals surface area contributed by atoms with Gasteiger partial charge in [0.2, 0.25) is 17.6 Å². The summed E-state index contributed by atoms with van der Waals surface area (Å²) in [5.41, 5.74) is 5.11. The third kappa shape index (κ3) is 6.22. The van der Waals surface area contributed by atoms with Crippen LogP contribution in [0.4, 0.5) is 17.5 Å². The van der Waals surface area contributed by atoms with Gasteiger partial charge in [-0.1, -0.05) is 12.1 Å². The van der Waals surface area contributed by atoms with Gasteiger partial charge in [0.15, 0.2) is 5.82 Å². The van der Waals surface area contributed by atoms with Crippen molar-refractivity contribution in [2.45, 2.75) is 45.3 Å². The molecule has 2 amide bonds. The van der Waals surface area contributed by atoms with E-state index in [0.717, 1.165) is 52.7 Å². The van der Waals surface area contributed by atoms with Crippen LogP contribution in [0.1, 0.15) is 41.1 Å². The van der Waals surface area contributed by atoms with Crippen LogP contribution in [-0.4, -0.2) is 78.4 Å². The van der Waals surface area contributed by atoms with Crippen LogP contribution in [-0.2, 0) is 11.8 Å². The highest BCUT2D eigenvalue weighted by Gasteiger charge is 2.29. The van der Waals surface area contributed by atoms with Gasteiger partial charge in [-0.05, 0) is 49.9 Å². The number of ether oxygens (including phenoxy) is 1. The molecule has 4 aromatic heterocycles. The minimum absolute atomic E-state index is 0.130. The fourth-order valence-electron chi connectivity index (χ4n) is 5.47. The third-order valence-electron chi connectivity index (χ3n) is 8.08. The van der Waals surface area contributed by atoms with E-state index in [4.69, 9.17) is 14.2 Å². The van der Waals surface area contributed by atoms with Crippen molar-refractivity contribution in [3.63, 3.8) is 0 Å². The summed E-state index contributed by atoms with van der Waals surface area (Å²) in [6, 6.07) is 9.47. The van der Waals surface area contributed by atoms with Gasteiger partial charge >= 0.3 is 0 Å². The molecule has 2 fully saturated rings. The first-order valence-electron chi connectivity index (χ1n) is 15.0. The average Bonchev–Trinajstić information content (AvgIpc) is 3.35. The van der Waals surface area contributed by atoms with E-state index in [1.807, 2.05) is 56.3 Å². The zero-order chi connectivity index (χ0) is 31.1. The number of aryl methyl sites for hydroxylation is 3. The number of para-hydroxylation sites is 1. The lowest BCUT2D eigenvalue weighted by atomic mass is 10.1. The molecule has 7 rings (SSSR count). The van der Waals surface area contributed by atoms with Crippen LogP contribution >= 0.6 is 0 Å². The molecule has 0 radical (unpaired) electrons. The number of benzene rings is 1. The Morgan fingerprint density at radius 2 is 2.04 bits per heavy atom. The van der Waals surface area contributed by atoms with Crippen molar-refractivity contribution in [1.82, 2.24) is 40.1 Å². The van der Waals surface area contributed by atoms with Gasteiger partial charge in [-0.25, -0.2) is 9.97 Å². The summed E-state index contributed by atoms with van der Waals surface area (Å²) < 4.78 is 12.9. The van der Waals surface area contributed by atoms with Crippen molar-refractivity contribution < 1.29 is 18.8 Å². The molecule has 45 heavy (non-hydrogen) atoms. The first-order valence-corrected chi connectivity index (χ1v) is 15.0. The van der Waals surface area contributed by atoms with Gasteiger partial charge in [0.05, 0.1) is 29.5 Å². The van der Waals surface area contributed by atoms with E-state index in [1.54, 1.807) is 10.9 Å². The van der Waals surface area contributed by atoms with E-state index in [2.05, 4.69) is 36.2 Å². The molecular weight excluding hydrogens is 576 g/mol. The van der Waals surface area contributed by atoms with E-state index in [9.17, 15) is 9.59 Å². The lowest BCUT2D eigenvalue weighted by Crippen LogP contribution is -2.33. The molecule has 5 heterocycles. The van der Waals surface area contributed by atoms with Gasteiger partial charge in [-0.2, -0.15) is 5.10 Å². The van der Waals surface area contributed by atoms with E-state index < -0.39 is 0 Å². The van der Waals surface area contributed by atoms with Crippen molar-refractivity contribution in [3.8, 4) is 17.1 Å². The Bertz CT molecular complexity index is 1870. The normalized spacial score (nSPS) is 16.6. The maximum absolute atomic E-state index is 13.1. The molecule has 1 atom stereocenters. The summed E-state index contributed by atoms with van der Waals surface area (Å²) >= 11 is 0. The Morgan fingerprint density at radius 3 is 2.84 bits per heavy atom. The molecule has 232 valence electrons. The number of fused-ring (bicyclic) bond motifs is 1. The molecule has 1 saturated heterocycles. The van der Waals surface area contributed by atoms with Gasteiger partial charge in [-0.15, -0.1) is 0 Å². The molecule has 0 bridgehead atoms. The highest BCUT2D eigenvalue weighted by atomic mass is 16.5. The van der Waals surface area contributed by atoms with E-state index in [-0.39, 0.29) is 42.1 Å². The first-order chi connectivity index (χ1) is 21.8. The highest BCUT2D eigenvalue weighted by molar-refractivity contribution is 6.06. The predicted molar refractivity (Wildman–Crippen MR) is 166 cm³/mol. The maximum atomic E-state index is 13.1. The van der Waals surface area contributed by atoms with Crippen molar-refractivity contribution in [3.05, 3.63) is 59.7 Å². The molecule has 2 aliphatic rings. The summed E-state index contributed by atoms with van der Waals surface area (Å²) in [7, 11) is 1.88. The van der Waals surface area contributed by atoms with Gasteiger partial charge in [-0.3, -0.25) is 19.2 Å². The lowest BCUT2D eigenvalue weighted by molar-refractivity contribution is -0.117. The summed E-state index contributed by atoms with van der Waals surface area (Å²) in [4.78, 5) is 39.9. The number of aromatic amines is 1. The monoisotopic (exact) mass is 610 g/mol. The molecular formula is C31H34N10O4. The van der Waals surface area contributed by atoms with Crippen molar-refractivity contribution in [1.29, 1.82) is 0 Å². The van der Waals surface area contributed by atoms with Crippen LogP contribution in [0.3, 0.4) is 0 Å². The van der Waals surface area contributed by atoms with Crippen molar-refractivity contribution >= 4 is 40.2 Å². The fourth-order valence-corrected chi connectivity index (χ4v) is 5.47. The van der Waals surface area contributed by atoms with Crippen molar-refractivity contribution in [2.24, 2.45) is 7.05 Å². The second-order valence-corrected chi connectivity index (χ2v) is 11.7. The number of rotatable bonds is 10. The number of anilines is 3. The zero-order valence-corrected chi connectivity index (χ0v) is 25.3. The zero-order valence-electron chi connectivity index (χ0n) is 25.3. The van der Waals surface area contributed by atoms with Crippen LogP contribution in [0.25, 0.3) is 22.2 Å². The number of nitrogens with zero attached hydrogens (tertiary/aromatic N) is 6. The number of aromatic nitrogens is 6. The number of carbonyl (C=O) groups is 2. The van der Waals surface area contributed by atoms with E-state index in [1.165, 1.54) is 6.07 Å².